The minimum absolute atomic E-state index is 0.161. The average Bonchev–Trinajstić information content (AvgIpc) is 3.45. The van der Waals surface area contributed by atoms with Gasteiger partial charge in [-0.1, -0.05) is 42.5 Å². The number of benzene rings is 4. The second kappa shape index (κ2) is 7.63. The zero-order chi connectivity index (χ0) is 24.2. The van der Waals surface area contributed by atoms with E-state index in [-0.39, 0.29) is 6.17 Å². The van der Waals surface area contributed by atoms with Gasteiger partial charge in [0.15, 0.2) is 0 Å². The summed E-state index contributed by atoms with van der Waals surface area (Å²) in [4.78, 5) is 0. The Labute approximate surface area is 207 Å². The molecule has 168 valence electrons. The van der Waals surface area contributed by atoms with E-state index in [9.17, 15) is 10.5 Å². The van der Waals surface area contributed by atoms with E-state index in [1.807, 2.05) is 36.4 Å². The fourth-order valence-corrected chi connectivity index (χ4v) is 5.46. The van der Waals surface area contributed by atoms with E-state index in [0.717, 1.165) is 38.7 Å². The Balaban J connectivity index is 1.43. The summed E-state index contributed by atoms with van der Waals surface area (Å²) in [5.41, 5.74) is 5.50. The van der Waals surface area contributed by atoms with Crippen molar-refractivity contribution < 1.29 is 0 Å². The van der Waals surface area contributed by atoms with Crippen LogP contribution in [0.25, 0.3) is 49.4 Å². The lowest BCUT2D eigenvalue weighted by Crippen LogP contribution is -2.28. The van der Waals surface area contributed by atoms with Gasteiger partial charge in [-0.05, 0) is 60.7 Å². The van der Waals surface area contributed by atoms with Crippen molar-refractivity contribution in [2.75, 3.05) is 0 Å². The lowest BCUT2D eigenvalue weighted by Gasteiger charge is -2.26. The highest BCUT2D eigenvalue weighted by atomic mass is 15.3. The Kier molecular flexibility index (Phi) is 4.27. The molecule has 1 aliphatic rings. The molecule has 0 spiro atoms. The zero-order valence-electron chi connectivity index (χ0n) is 19.2. The fraction of sp³-hybridized carbons (Fsp3) is 0.0323. The molecule has 2 aromatic heterocycles. The van der Waals surface area contributed by atoms with Crippen LogP contribution in [0.2, 0.25) is 0 Å². The van der Waals surface area contributed by atoms with Crippen LogP contribution in [0.3, 0.4) is 0 Å². The summed E-state index contributed by atoms with van der Waals surface area (Å²) in [6.07, 6.45) is 6.16. The largest absolute Gasteiger partial charge is 0.347 e. The Bertz CT molecular complexity index is 1880. The molecule has 5 heteroatoms. The van der Waals surface area contributed by atoms with Crippen LogP contribution < -0.4 is 5.32 Å². The van der Waals surface area contributed by atoms with Gasteiger partial charge in [-0.25, -0.2) is 0 Å². The summed E-state index contributed by atoms with van der Waals surface area (Å²) in [7, 11) is 0. The van der Waals surface area contributed by atoms with Crippen molar-refractivity contribution in [2.45, 2.75) is 6.17 Å². The molecule has 0 amide bonds. The first-order valence-electron chi connectivity index (χ1n) is 11.8. The fourth-order valence-electron chi connectivity index (χ4n) is 5.46. The molecular weight excluding hydrogens is 442 g/mol. The quantitative estimate of drug-likeness (QED) is 0.308. The normalized spacial score (nSPS) is 15.2. The maximum Gasteiger partial charge on any atom is 0.124 e. The first-order chi connectivity index (χ1) is 17.8. The Morgan fingerprint density at radius 1 is 0.639 bits per heavy atom. The molecule has 5 nitrogen and oxygen atoms in total. The van der Waals surface area contributed by atoms with Crippen molar-refractivity contribution in [2.24, 2.45) is 0 Å². The number of rotatable bonds is 2. The monoisotopic (exact) mass is 461 g/mol. The van der Waals surface area contributed by atoms with E-state index >= 15 is 0 Å². The van der Waals surface area contributed by atoms with Crippen LogP contribution in [0, 0.1) is 22.7 Å². The average molecular weight is 462 g/mol. The summed E-state index contributed by atoms with van der Waals surface area (Å²) in [5.74, 6) is 0.984. The van der Waals surface area contributed by atoms with E-state index < -0.39 is 0 Å². The van der Waals surface area contributed by atoms with Crippen LogP contribution >= 0.6 is 0 Å². The summed E-state index contributed by atoms with van der Waals surface area (Å²) >= 11 is 0. The molecule has 0 bridgehead atoms. The molecule has 6 aromatic rings. The minimum Gasteiger partial charge on any atom is -0.347 e. The number of aromatic nitrogens is 2. The summed E-state index contributed by atoms with van der Waals surface area (Å²) in [6.45, 7) is 0. The number of allylic oxidation sites excluding steroid dienone is 2. The SMILES string of the molecule is N#Cc1ccc2c(c1)c1cc(C#N)ccc1n2C1C=CC=C(n2c3ccccc3c3ccccc32)N1. The molecule has 3 heterocycles. The van der Waals surface area contributed by atoms with Crippen molar-refractivity contribution in [3.63, 3.8) is 0 Å². The molecule has 36 heavy (non-hydrogen) atoms. The first-order valence-corrected chi connectivity index (χ1v) is 11.8. The van der Waals surface area contributed by atoms with Gasteiger partial charge in [-0.2, -0.15) is 10.5 Å². The second-order valence-electron chi connectivity index (χ2n) is 8.95. The van der Waals surface area contributed by atoms with Crippen LogP contribution in [0.1, 0.15) is 17.3 Å². The highest BCUT2D eigenvalue weighted by Gasteiger charge is 2.22. The minimum atomic E-state index is -0.161. The van der Waals surface area contributed by atoms with E-state index in [2.05, 4.69) is 93.3 Å². The number of nitrogens with one attached hydrogen (secondary N) is 1. The molecule has 7 rings (SSSR count). The van der Waals surface area contributed by atoms with Crippen LogP contribution in [0.4, 0.5) is 0 Å². The van der Waals surface area contributed by atoms with Gasteiger partial charge in [0.2, 0.25) is 0 Å². The number of nitriles is 2. The molecule has 0 saturated heterocycles. The Morgan fingerprint density at radius 3 is 1.75 bits per heavy atom. The third-order valence-electron chi connectivity index (χ3n) is 7.00. The van der Waals surface area contributed by atoms with Crippen LogP contribution in [-0.2, 0) is 0 Å². The lowest BCUT2D eigenvalue weighted by atomic mass is 10.1. The maximum atomic E-state index is 9.50. The van der Waals surface area contributed by atoms with Gasteiger partial charge in [0.1, 0.15) is 12.0 Å². The highest BCUT2D eigenvalue weighted by Crippen LogP contribution is 2.36. The van der Waals surface area contributed by atoms with Gasteiger partial charge in [-0.3, -0.25) is 4.57 Å². The zero-order valence-corrected chi connectivity index (χ0v) is 19.2. The number of hydrogen-bond donors (Lipinski definition) is 1. The topological polar surface area (TPSA) is 69.5 Å². The van der Waals surface area contributed by atoms with Gasteiger partial charge >= 0.3 is 0 Å². The van der Waals surface area contributed by atoms with Crippen LogP contribution in [-0.4, -0.2) is 9.13 Å². The Morgan fingerprint density at radius 2 is 1.19 bits per heavy atom. The lowest BCUT2D eigenvalue weighted by molar-refractivity contribution is 0.577. The Hall–Kier alpha value is -5.26. The van der Waals surface area contributed by atoms with Crippen LogP contribution in [0.15, 0.2) is 103 Å². The highest BCUT2D eigenvalue weighted by molar-refractivity contribution is 6.10. The van der Waals surface area contributed by atoms with Crippen molar-refractivity contribution in [3.05, 3.63) is 114 Å². The van der Waals surface area contributed by atoms with E-state index in [1.165, 1.54) is 10.8 Å². The smallest absolute Gasteiger partial charge is 0.124 e. The molecule has 0 saturated carbocycles. The maximum absolute atomic E-state index is 9.50. The van der Waals surface area contributed by atoms with Crippen molar-refractivity contribution in [3.8, 4) is 12.1 Å². The molecule has 0 radical (unpaired) electrons. The number of hydrogen-bond acceptors (Lipinski definition) is 3. The predicted octanol–water partition coefficient (Wildman–Crippen LogP) is 6.80. The number of nitrogens with zero attached hydrogens (tertiary/aromatic N) is 4. The molecule has 1 unspecified atom stereocenters. The molecular formula is C31H19N5. The number of fused-ring (bicyclic) bond motifs is 6. The second-order valence-corrected chi connectivity index (χ2v) is 8.95. The van der Waals surface area contributed by atoms with E-state index in [4.69, 9.17) is 0 Å². The van der Waals surface area contributed by atoms with Crippen molar-refractivity contribution in [1.82, 2.24) is 14.5 Å². The third kappa shape index (κ3) is 2.81. The molecule has 0 aliphatic carbocycles. The molecule has 1 N–H and O–H groups in total. The van der Waals surface area contributed by atoms with Crippen LogP contribution in [0.5, 0.6) is 0 Å². The number of para-hydroxylation sites is 2. The van der Waals surface area contributed by atoms with Gasteiger partial charge in [0.25, 0.3) is 0 Å². The summed E-state index contributed by atoms with van der Waals surface area (Å²) < 4.78 is 4.51. The molecule has 1 aliphatic heterocycles. The van der Waals surface area contributed by atoms with E-state index in [1.54, 1.807) is 0 Å². The van der Waals surface area contributed by atoms with Gasteiger partial charge < -0.3 is 9.88 Å². The number of dihydropyridines is 1. The van der Waals surface area contributed by atoms with Gasteiger partial charge in [0, 0.05) is 21.5 Å². The summed E-state index contributed by atoms with van der Waals surface area (Å²) in [6, 6.07) is 32.9. The summed E-state index contributed by atoms with van der Waals surface area (Å²) in [5, 5.41) is 27.1. The van der Waals surface area contributed by atoms with Gasteiger partial charge in [0.05, 0.1) is 45.3 Å². The van der Waals surface area contributed by atoms with Crippen molar-refractivity contribution >= 4 is 49.4 Å². The van der Waals surface area contributed by atoms with Gasteiger partial charge in [-0.15, -0.1) is 0 Å². The molecule has 4 aromatic carbocycles. The van der Waals surface area contributed by atoms with Crippen molar-refractivity contribution in [1.29, 1.82) is 10.5 Å². The first kappa shape index (κ1) is 20.1. The third-order valence-corrected chi connectivity index (χ3v) is 7.00. The molecule has 0 fully saturated rings. The van der Waals surface area contributed by atoms with E-state index in [0.29, 0.717) is 11.1 Å². The molecule has 1 atom stereocenters. The standard InChI is InChI=1S/C31H19N5/c32-18-20-12-14-28-24(16-20)25-17-21(19-33)13-15-29(25)36(28)31-11-5-10-30(34-31)35-26-8-3-1-6-22(26)23-7-2-4-9-27(23)35/h1-17,31,34H. The predicted molar refractivity (Wildman–Crippen MR) is 144 cm³/mol.